The van der Waals surface area contributed by atoms with E-state index in [0.717, 1.165) is 50.5 Å². The topological polar surface area (TPSA) is 93.7 Å². The lowest BCUT2D eigenvalue weighted by atomic mass is 9.83. The second-order valence-electron chi connectivity index (χ2n) is 9.54. The summed E-state index contributed by atoms with van der Waals surface area (Å²) in [5.41, 5.74) is 1.29. The standard InChI is InChI=1S/C25H38N2O5/c1-25(2,3)32-24(30)26-17-5-6-18-7-12-20(13-8-18)23(29)27-21-14-9-19(10-15-21)11-16-22(28)31-4/h7-8,12-13,19,21H,5-6,9-11,14-17H2,1-4H3,(H,26,30)(H,27,29)/t19-,21-. The number of ether oxygens (including phenoxy) is 2. The Morgan fingerprint density at radius 3 is 2.28 bits per heavy atom. The highest BCUT2D eigenvalue weighted by Crippen LogP contribution is 2.28. The maximum atomic E-state index is 12.6. The molecule has 0 spiro atoms. The Labute approximate surface area is 191 Å². The molecule has 0 aliphatic heterocycles. The second-order valence-corrected chi connectivity index (χ2v) is 9.54. The van der Waals surface area contributed by atoms with Crippen molar-refractivity contribution < 1.29 is 23.9 Å². The van der Waals surface area contributed by atoms with Gasteiger partial charge >= 0.3 is 12.1 Å². The molecule has 1 aromatic rings. The Bertz CT molecular complexity index is 747. The summed E-state index contributed by atoms with van der Waals surface area (Å²) in [6.45, 7) is 6.05. The Hall–Kier alpha value is -2.57. The minimum Gasteiger partial charge on any atom is -0.469 e. The quantitative estimate of drug-likeness (QED) is 0.434. The minimum absolute atomic E-state index is 0.0406. The van der Waals surface area contributed by atoms with Crippen molar-refractivity contribution in [3.05, 3.63) is 35.4 Å². The van der Waals surface area contributed by atoms with E-state index in [-0.39, 0.29) is 17.9 Å². The summed E-state index contributed by atoms with van der Waals surface area (Å²) in [6, 6.07) is 7.83. The monoisotopic (exact) mass is 446 g/mol. The zero-order chi connectivity index (χ0) is 23.6. The summed E-state index contributed by atoms with van der Waals surface area (Å²) in [5, 5.41) is 5.90. The van der Waals surface area contributed by atoms with Crippen LogP contribution in [0.5, 0.6) is 0 Å². The molecule has 1 fully saturated rings. The Morgan fingerprint density at radius 1 is 1.03 bits per heavy atom. The number of carbonyl (C=O) groups excluding carboxylic acids is 3. The number of hydrogen-bond donors (Lipinski definition) is 2. The lowest BCUT2D eigenvalue weighted by Gasteiger charge is -2.29. The second kappa shape index (κ2) is 12.5. The van der Waals surface area contributed by atoms with E-state index in [2.05, 4.69) is 10.6 Å². The molecule has 0 saturated heterocycles. The SMILES string of the molecule is COC(=O)CC[C@H]1CC[C@H](NC(=O)c2ccc(CCCNC(=O)OC(C)(C)C)cc2)CC1. The molecule has 0 heterocycles. The van der Waals surface area contributed by atoms with Crippen LogP contribution in [0.2, 0.25) is 0 Å². The summed E-state index contributed by atoms with van der Waals surface area (Å²) in [5.74, 6) is 0.343. The van der Waals surface area contributed by atoms with E-state index >= 15 is 0 Å². The number of amides is 2. The molecule has 1 aliphatic carbocycles. The minimum atomic E-state index is -0.496. The maximum absolute atomic E-state index is 12.6. The fourth-order valence-corrected chi connectivity index (χ4v) is 3.91. The van der Waals surface area contributed by atoms with Gasteiger partial charge < -0.3 is 20.1 Å². The third-order valence-electron chi connectivity index (χ3n) is 5.69. The average molecular weight is 447 g/mol. The van der Waals surface area contributed by atoms with Crippen LogP contribution in [0.3, 0.4) is 0 Å². The summed E-state index contributed by atoms with van der Waals surface area (Å²) in [7, 11) is 1.42. The molecule has 2 rings (SSSR count). The van der Waals surface area contributed by atoms with Crippen molar-refractivity contribution in [1.82, 2.24) is 10.6 Å². The van der Waals surface area contributed by atoms with Crippen LogP contribution in [0.1, 0.15) is 81.6 Å². The Balaban J connectivity index is 1.67. The molecule has 0 bridgehead atoms. The number of benzene rings is 1. The number of aryl methyl sites for hydroxylation is 1. The largest absolute Gasteiger partial charge is 0.469 e. The highest BCUT2D eigenvalue weighted by Gasteiger charge is 2.23. The number of carbonyl (C=O) groups is 3. The molecular weight excluding hydrogens is 408 g/mol. The van der Waals surface area contributed by atoms with Crippen molar-refractivity contribution in [2.24, 2.45) is 5.92 Å². The van der Waals surface area contributed by atoms with Crippen LogP contribution in [0.15, 0.2) is 24.3 Å². The van der Waals surface area contributed by atoms with Crippen LogP contribution in [0.25, 0.3) is 0 Å². The molecule has 2 amide bonds. The van der Waals surface area contributed by atoms with Crippen LogP contribution in [0.4, 0.5) is 4.79 Å². The lowest BCUT2D eigenvalue weighted by Crippen LogP contribution is -2.37. The Morgan fingerprint density at radius 2 is 1.69 bits per heavy atom. The van der Waals surface area contributed by atoms with E-state index < -0.39 is 11.7 Å². The summed E-state index contributed by atoms with van der Waals surface area (Å²) in [6.07, 6.45) is 6.49. The van der Waals surface area contributed by atoms with Gasteiger partial charge in [-0.05, 0) is 89.3 Å². The third kappa shape index (κ3) is 9.71. The van der Waals surface area contributed by atoms with Gasteiger partial charge in [-0.1, -0.05) is 12.1 Å². The fourth-order valence-electron chi connectivity index (χ4n) is 3.91. The summed E-state index contributed by atoms with van der Waals surface area (Å²) < 4.78 is 9.92. The molecule has 1 saturated carbocycles. The van der Waals surface area contributed by atoms with Gasteiger partial charge in [0, 0.05) is 24.6 Å². The number of rotatable bonds is 9. The molecule has 7 heteroatoms. The first-order valence-electron chi connectivity index (χ1n) is 11.6. The van der Waals surface area contributed by atoms with Gasteiger partial charge in [0.2, 0.25) is 0 Å². The fraction of sp³-hybridized carbons (Fsp3) is 0.640. The molecule has 1 aromatic carbocycles. The highest BCUT2D eigenvalue weighted by molar-refractivity contribution is 5.94. The molecule has 1 aliphatic rings. The normalized spacial score (nSPS) is 18.5. The number of alkyl carbamates (subject to hydrolysis) is 1. The first-order chi connectivity index (χ1) is 15.2. The molecule has 7 nitrogen and oxygen atoms in total. The van der Waals surface area contributed by atoms with Gasteiger partial charge in [0.25, 0.3) is 5.91 Å². The zero-order valence-electron chi connectivity index (χ0n) is 19.9. The Kier molecular flexibility index (Phi) is 10.0. The number of methoxy groups -OCH3 is 1. The van der Waals surface area contributed by atoms with E-state index in [0.29, 0.717) is 24.4 Å². The first-order valence-corrected chi connectivity index (χ1v) is 11.6. The van der Waals surface area contributed by atoms with Crippen molar-refractivity contribution in [1.29, 1.82) is 0 Å². The van der Waals surface area contributed by atoms with Crippen LogP contribution < -0.4 is 10.6 Å². The molecule has 32 heavy (non-hydrogen) atoms. The van der Waals surface area contributed by atoms with Gasteiger partial charge in [-0.15, -0.1) is 0 Å². The summed E-state index contributed by atoms with van der Waals surface area (Å²) >= 11 is 0. The smallest absolute Gasteiger partial charge is 0.407 e. The average Bonchev–Trinajstić information content (AvgIpc) is 2.75. The zero-order valence-corrected chi connectivity index (χ0v) is 19.9. The van der Waals surface area contributed by atoms with E-state index in [9.17, 15) is 14.4 Å². The van der Waals surface area contributed by atoms with Gasteiger partial charge in [0.05, 0.1) is 7.11 Å². The van der Waals surface area contributed by atoms with Gasteiger partial charge in [-0.3, -0.25) is 9.59 Å². The maximum Gasteiger partial charge on any atom is 0.407 e. The van der Waals surface area contributed by atoms with Gasteiger partial charge in [0.15, 0.2) is 0 Å². The van der Waals surface area contributed by atoms with Crippen molar-refractivity contribution >= 4 is 18.0 Å². The predicted molar refractivity (Wildman–Crippen MR) is 123 cm³/mol. The van der Waals surface area contributed by atoms with Crippen LogP contribution in [-0.2, 0) is 20.7 Å². The van der Waals surface area contributed by atoms with E-state index in [1.54, 1.807) is 0 Å². The van der Waals surface area contributed by atoms with Crippen LogP contribution in [-0.4, -0.2) is 43.3 Å². The number of nitrogens with one attached hydrogen (secondary N) is 2. The van der Waals surface area contributed by atoms with E-state index in [1.165, 1.54) is 7.11 Å². The van der Waals surface area contributed by atoms with Crippen molar-refractivity contribution in [3.63, 3.8) is 0 Å². The summed E-state index contributed by atoms with van der Waals surface area (Å²) in [4.78, 5) is 35.5. The van der Waals surface area contributed by atoms with E-state index in [1.807, 2.05) is 45.0 Å². The van der Waals surface area contributed by atoms with Crippen LogP contribution in [0, 0.1) is 5.92 Å². The van der Waals surface area contributed by atoms with Gasteiger partial charge in [-0.25, -0.2) is 4.79 Å². The molecule has 2 N–H and O–H groups in total. The van der Waals surface area contributed by atoms with E-state index in [4.69, 9.17) is 9.47 Å². The number of hydrogen-bond acceptors (Lipinski definition) is 5. The highest BCUT2D eigenvalue weighted by atomic mass is 16.6. The molecule has 0 unspecified atom stereocenters. The van der Waals surface area contributed by atoms with Gasteiger partial charge in [0.1, 0.15) is 5.60 Å². The van der Waals surface area contributed by atoms with Crippen molar-refractivity contribution in [3.8, 4) is 0 Å². The molecule has 0 aromatic heterocycles. The van der Waals surface area contributed by atoms with Crippen LogP contribution >= 0.6 is 0 Å². The lowest BCUT2D eigenvalue weighted by molar-refractivity contribution is -0.141. The number of esters is 1. The first kappa shape index (κ1) is 25.7. The molecular formula is C25H38N2O5. The molecule has 0 radical (unpaired) electrons. The van der Waals surface area contributed by atoms with Gasteiger partial charge in [-0.2, -0.15) is 0 Å². The van der Waals surface area contributed by atoms with Crippen molar-refractivity contribution in [2.75, 3.05) is 13.7 Å². The third-order valence-corrected chi connectivity index (χ3v) is 5.69. The molecule has 178 valence electrons. The van der Waals surface area contributed by atoms with Crippen molar-refractivity contribution in [2.45, 2.75) is 83.8 Å². The predicted octanol–water partition coefficient (Wildman–Crippen LogP) is 4.39. The molecule has 0 atom stereocenters.